The van der Waals surface area contributed by atoms with Crippen LogP contribution in [0.4, 0.5) is 0 Å². The Morgan fingerprint density at radius 2 is 1.36 bits per heavy atom. The first-order chi connectivity index (χ1) is 21.4. The van der Waals surface area contributed by atoms with Gasteiger partial charge in [0.05, 0.1) is 12.8 Å². The van der Waals surface area contributed by atoms with Crippen LogP contribution in [0.1, 0.15) is 90.5 Å². The summed E-state index contributed by atoms with van der Waals surface area (Å²) in [6.45, 7) is 5.50. The number of hydrogen-bond acceptors (Lipinski definition) is 7. The molecule has 45 heavy (non-hydrogen) atoms. The normalized spacial score (nSPS) is 13.1. The fraction of sp³-hybridized carbons (Fsp3) is 0.562. The number of fused-ring (bicyclic) bond motifs is 1. The van der Waals surface area contributed by atoms with E-state index in [2.05, 4.69) is 28.2 Å². The zero-order chi connectivity index (χ0) is 33.4. The van der Waals surface area contributed by atoms with Crippen molar-refractivity contribution in [3.05, 3.63) is 35.2 Å². The van der Waals surface area contributed by atoms with E-state index in [0.29, 0.717) is 6.42 Å². The third kappa shape index (κ3) is 13.7. The van der Waals surface area contributed by atoms with Crippen LogP contribution in [-0.4, -0.2) is 64.8 Å². The van der Waals surface area contributed by atoms with Gasteiger partial charge in [0, 0.05) is 23.6 Å². The zero-order valence-electron chi connectivity index (χ0n) is 26.4. The number of unbranched alkanes of at least 4 members (excludes halogenated alkanes) is 6. The summed E-state index contributed by atoms with van der Waals surface area (Å²) in [5, 5.41) is 22.3. The SMILES string of the molecule is CCCCCCCCCC(=O)NC(Cc1csc2ccccc12)C(=O)NC(CC(N)=O)C(=O)NC(CC(=O)O)C(=O)NC(C)C. The molecule has 13 heteroatoms. The molecule has 2 rings (SSSR count). The fourth-order valence-corrected chi connectivity index (χ4v) is 5.83. The fourth-order valence-electron chi connectivity index (χ4n) is 4.85. The number of carbonyl (C=O) groups excluding carboxylic acids is 5. The van der Waals surface area contributed by atoms with Gasteiger partial charge in [0.15, 0.2) is 0 Å². The van der Waals surface area contributed by atoms with Crippen LogP contribution in [-0.2, 0) is 35.2 Å². The van der Waals surface area contributed by atoms with Crippen LogP contribution in [0.15, 0.2) is 29.6 Å². The van der Waals surface area contributed by atoms with Crippen molar-refractivity contribution in [2.75, 3.05) is 0 Å². The first-order valence-electron chi connectivity index (χ1n) is 15.6. The molecule has 3 unspecified atom stereocenters. The number of carboxylic acids is 1. The molecule has 0 fully saturated rings. The molecule has 1 aromatic heterocycles. The number of thiophene rings is 1. The number of aliphatic carboxylic acids is 1. The maximum Gasteiger partial charge on any atom is 0.305 e. The quantitative estimate of drug-likeness (QED) is 0.112. The second-order valence-corrected chi connectivity index (χ2v) is 12.4. The highest BCUT2D eigenvalue weighted by atomic mass is 32.1. The van der Waals surface area contributed by atoms with Crippen molar-refractivity contribution in [3.8, 4) is 0 Å². The van der Waals surface area contributed by atoms with Gasteiger partial charge in [-0.05, 0) is 42.7 Å². The van der Waals surface area contributed by atoms with Crippen LogP contribution in [0, 0.1) is 0 Å². The number of carbonyl (C=O) groups is 6. The van der Waals surface area contributed by atoms with Gasteiger partial charge in [-0.15, -0.1) is 11.3 Å². The van der Waals surface area contributed by atoms with E-state index in [4.69, 9.17) is 5.73 Å². The Bertz CT molecular complexity index is 1310. The molecule has 7 N–H and O–H groups in total. The Labute approximate surface area is 268 Å². The minimum atomic E-state index is -1.51. The molecule has 0 spiro atoms. The van der Waals surface area contributed by atoms with Gasteiger partial charge in [-0.25, -0.2) is 0 Å². The number of hydrogen-bond donors (Lipinski definition) is 6. The highest BCUT2D eigenvalue weighted by Gasteiger charge is 2.32. The van der Waals surface area contributed by atoms with E-state index in [-0.39, 0.29) is 24.8 Å². The van der Waals surface area contributed by atoms with Crippen LogP contribution in [0.5, 0.6) is 0 Å². The minimum Gasteiger partial charge on any atom is -0.481 e. The van der Waals surface area contributed by atoms with Gasteiger partial charge in [0.2, 0.25) is 29.5 Å². The van der Waals surface area contributed by atoms with Crippen molar-refractivity contribution >= 4 is 56.9 Å². The van der Waals surface area contributed by atoms with Crippen LogP contribution in [0.25, 0.3) is 10.1 Å². The molecule has 3 atom stereocenters. The van der Waals surface area contributed by atoms with Crippen LogP contribution in [0.3, 0.4) is 0 Å². The average molecular weight is 646 g/mol. The van der Waals surface area contributed by atoms with E-state index in [1.807, 2.05) is 29.6 Å². The molecule has 0 aliphatic heterocycles. The number of nitrogens with one attached hydrogen (secondary N) is 4. The Kier molecular flexibility index (Phi) is 16.0. The summed E-state index contributed by atoms with van der Waals surface area (Å²) in [5.41, 5.74) is 6.20. The lowest BCUT2D eigenvalue weighted by Gasteiger charge is -2.25. The standard InChI is InChI=1S/C32H47N5O7S/c1-4-5-6-7-8-9-10-15-28(39)35-23(16-21-19-45-26-14-12-11-13-22(21)26)31(43)36-24(17-27(33)38)32(44)37-25(18-29(40)41)30(42)34-20(2)3/h11-14,19-20,23-25H,4-10,15-18H2,1-3H3,(H2,33,38)(H,34,42)(H,35,39)(H,36,43)(H,37,44)(H,40,41). The van der Waals surface area contributed by atoms with Crippen molar-refractivity contribution in [2.24, 2.45) is 5.73 Å². The van der Waals surface area contributed by atoms with Gasteiger partial charge >= 0.3 is 5.97 Å². The lowest BCUT2D eigenvalue weighted by Crippen LogP contribution is -2.58. The van der Waals surface area contributed by atoms with Gasteiger partial charge < -0.3 is 32.1 Å². The van der Waals surface area contributed by atoms with Crippen molar-refractivity contribution in [2.45, 2.75) is 116 Å². The smallest absolute Gasteiger partial charge is 0.305 e. The summed E-state index contributed by atoms with van der Waals surface area (Å²) in [6, 6.07) is 3.27. The van der Waals surface area contributed by atoms with Gasteiger partial charge in [-0.1, -0.05) is 63.6 Å². The molecular formula is C32H47N5O7S. The summed E-state index contributed by atoms with van der Waals surface area (Å²) in [6.07, 6.45) is 6.25. The molecule has 2 aromatic rings. The average Bonchev–Trinajstić information content (AvgIpc) is 3.37. The second-order valence-electron chi connectivity index (χ2n) is 11.5. The van der Waals surface area contributed by atoms with Gasteiger partial charge in [0.1, 0.15) is 18.1 Å². The lowest BCUT2D eigenvalue weighted by atomic mass is 10.0. The van der Waals surface area contributed by atoms with Gasteiger partial charge in [-0.2, -0.15) is 0 Å². The van der Waals surface area contributed by atoms with Crippen molar-refractivity contribution in [1.82, 2.24) is 21.3 Å². The predicted octanol–water partition coefficient (Wildman–Crippen LogP) is 2.91. The minimum absolute atomic E-state index is 0.127. The monoisotopic (exact) mass is 645 g/mol. The summed E-state index contributed by atoms with van der Waals surface area (Å²) >= 11 is 1.50. The second kappa shape index (κ2) is 19.4. The molecule has 0 aliphatic carbocycles. The van der Waals surface area contributed by atoms with E-state index >= 15 is 0 Å². The third-order valence-electron chi connectivity index (χ3n) is 7.13. The Morgan fingerprint density at radius 1 is 0.778 bits per heavy atom. The highest BCUT2D eigenvalue weighted by molar-refractivity contribution is 7.17. The molecule has 0 radical (unpaired) electrons. The van der Waals surface area contributed by atoms with Crippen molar-refractivity contribution < 1.29 is 33.9 Å². The number of primary amides is 1. The third-order valence-corrected chi connectivity index (χ3v) is 8.14. The molecular weight excluding hydrogens is 598 g/mol. The zero-order valence-corrected chi connectivity index (χ0v) is 27.2. The molecule has 1 aromatic carbocycles. The van der Waals surface area contributed by atoms with Crippen molar-refractivity contribution in [1.29, 1.82) is 0 Å². The number of amides is 5. The molecule has 0 saturated carbocycles. The Balaban J connectivity index is 2.21. The Hall–Kier alpha value is -4.00. The molecule has 5 amide bonds. The van der Waals surface area contributed by atoms with E-state index < -0.39 is 60.6 Å². The summed E-state index contributed by atoms with van der Waals surface area (Å²) < 4.78 is 1.01. The van der Waals surface area contributed by atoms with Crippen molar-refractivity contribution in [3.63, 3.8) is 0 Å². The maximum absolute atomic E-state index is 13.6. The summed E-state index contributed by atoms with van der Waals surface area (Å²) in [7, 11) is 0. The largest absolute Gasteiger partial charge is 0.481 e. The van der Waals surface area contributed by atoms with E-state index in [0.717, 1.165) is 41.3 Å². The van der Waals surface area contributed by atoms with Gasteiger partial charge in [0.25, 0.3) is 0 Å². The van der Waals surface area contributed by atoms with Gasteiger partial charge in [-0.3, -0.25) is 28.8 Å². The first-order valence-corrected chi connectivity index (χ1v) is 16.4. The van der Waals surface area contributed by atoms with Crippen LogP contribution in [0.2, 0.25) is 0 Å². The van der Waals surface area contributed by atoms with E-state index in [1.165, 1.54) is 24.2 Å². The van der Waals surface area contributed by atoms with E-state index in [9.17, 15) is 33.9 Å². The van der Waals surface area contributed by atoms with E-state index in [1.54, 1.807) is 13.8 Å². The summed E-state index contributed by atoms with van der Waals surface area (Å²) in [4.78, 5) is 75.6. The first kappa shape index (κ1) is 37.2. The number of benzene rings is 1. The van der Waals surface area contributed by atoms with Crippen LogP contribution < -0.4 is 27.0 Å². The number of nitrogens with two attached hydrogens (primary N) is 1. The molecule has 248 valence electrons. The topological polar surface area (TPSA) is 197 Å². The number of carboxylic acid groups (broad SMARTS) is 1. The maximum atomic E-state index is 13.6. The molecule has 0 aliphatic rings. The van der Waals surface area contributed by atoms with Crippen LogP contribution >= 0.6 is 11.3 Å². The molecule has 0 bridgehead atoms. The molecule has 12 nitrogen and oxygen atoms in total. The molecule has 1 heterocycles. The number of rotatable bonds is 21. The highest BCUT2D eigenvalue weighted by Crippen LogP contribution is 2.26. The lowest BCUT2D eigenvalue weighted by molar-refractivity contribution is -0.141. The Morgan fingerprint density at radius 3 is 1.98 bits per heavy atom. The molecule has 0 saturated heterocycles. The summed E-state index contributed by atoms with van der Waals surface area (Å²) in [5.74, 6) is -4.96. The predicted molar refractivity (Wildman–Crippen MR) is 173 cm³/mol.